The zero-order valence-electron chi connectivity index (χ0n) is 9.34. The molecule has 1 aromatic carbocycles. The van der Waals surface area contributed by atoms with Crippen molar-refractivity contribution in [3.05, 3.63) is 29.8 Å². The first-order chi connectivity index (χ1) is 7.54. The fourth-order valence-electron chi connectivity index (χ4n) is 1.20. The molecule has 0 amide bonds. The number of alkyl halides is 1. The molecule has 0 fully saturated rings. The molecule has 1 aromatic rings. The minimum Gasteiger partial charge on any atom is -0.490 e. The minimum atomic E-state index is -0.529. The predicted octanol–water partition coefficient (Wildman–Crippen LogP) is 4.01. The summed E-state index contributed by atoms with van der Waals surface area (Å²) >= 11 is 3.38. The van der Waals surface area contributed by atoms with E-state index < -0.39 is 11.6 Å². The summed E-state index contributed by atoms with van der Waals surface area (Å²) in [7, 11) is 0. The van der Waals surface area contributed by atoms with Gasteiger partial charge in [-0.25, -0.2) is 8.78 Å². The van der Waals surface area contributed by atoms with Crippen LogP contribution in [0.15, 0.2) is 18.2 Å². The van der Waals surface area contributed by atoms with Crippen LogP contribution in [-0.2, 0) is 0 Å². The molecule has 1 atom stereocenters. The van der Waals surface area contributed by atoms with Crippen LogP contribution in [0.2, 0.25) is 0 Å². The Morgan fingerprint density at radius 1 is 1.31 bits per heavy atom. The van der Waals surface area contributed by atoms with Gasteiger partial charge < -0.3 is 4.74 Å². The summed E-state index contributed by atoms with van der Waals surface area (Å²) in [5, 5.41) is 0.779. The van der Waals surface area contributed by atoms with E-state index in [0.29, 0.717) is 12.5 Å². The highest BCUT2D eigenvalue weighted by atomic mass is 79.9. The average Bonchev–Trinajstić information content (AvgIpc) is 2.23. The van der Waals surface area contributed by atoms with E-state index in [9.17, 15) is 8.78 Å². The lowest BCUT2D eigenvalue weighted by molar-refractivity contribution is 0.219. The Morgan fingerprint density at radius 2 is 2.00 bits per heavy atom. The largest absolute Gasteiger partial charge is 0.490 e. The molecule has 1 unspecified atom stereocenters. The zero-order chi connectivity index (χ0) is 12.1. The summed E-state index contributed by atoms with van der Waals surface area (Å²) < 4.78 is 31.4. The molecule has 0 radical (unpaired) electrons. The summed E-state index contributed by atoms with van der Waals surface area (Å²) in [4.78, 5) is 0. The molecule has 90 valence electrons. The van der Waals surface area contributed by atoms with Gasteiger partial charge in [-0.05, 0) is 18.1 Å². The first kappa shape index (κ1) is 13.4. The maximum atomic E-state index is 13.2. The van der Waals surface area contributed by atoms with Crippen LogP contribution >= 0.6 is 15.9 Å². The summed E-state index contributed by atoms with van der Waals surface area (Å²) in [5.74, 6) is -0.333. The summed E-state index contributed by atoms with van der Waals surface area (Å²) in [6.07, 6.45) is 0. The fourth-order valence-corrected chi connectivity index (χ4v) is 2.13. The van der Waals surface area contributed by atoms with Gasteiger partial charge >= 0.3 is 0 Å². The summed E-state index contributed by atoms with van der Waals surface area (Å²) in [6.45, 7) is 4.51. The van der Waals surface area contributed by atoms with Crippen LogP contribution in [0.4, 0.5) is 8.78 Å². The molecule has 0 heterocycles. The molecular weight excluding hydrogens is 278 g/mol. The van der Waals surface area contributed by atoms with Gasteiger partial charge in [0.25, 0.3) is 0 Å². The molecule has 0 N–H and O–H groups in total. The first-order valence-corrected chi connectivity index (χ1v) is 6.30. The number of halogens is 3. The van der Waals surface area contributed by atoms with E-state index in [0.717, 1.165) is 23.5 Å². The normalized spacial score (nSPS) is 12.9. The van der Waals surface area contributed by atoms with Crippen molar-refractivity contribution >= 4 is 15.9 Å². The Bertz CT molecular complexity index is 342. The van der Waals surface area contributed by atoms with Crippen molar-refractivity contribution in [2.75, 3.05) is 11.9 Å². The van der Waals surface area contributed by atoms with E-state index in [2.05, 4.69) is 29.8 Å². The second-order valence-corrected chi connectivity index (χ2v) is 4.69. The molecule has 16 heavy (non-hydrogen) atoms. The molecule has 0 aliphatic heterocycles. The van der Waals surface area contributed by atoms with Crippen molar-refractivity contribution < 1.29 is 13.5 Å². The second kappa shape index (κ2) is 6.18. The summed E-state index contributed by atoms with van der Waals surface area (Å²) in [5.41, 5.74) is 0. The van der Waals surface area contributed by atoms with Crippen LogP contribution in [0.1, 0.15) is 13.8 Å². The Kier molecular flexibility index (Phi) is 5.19. The molecule has 0 aliphatic rings. The smallest absolute Gasteiger partial charge is 0.165 e. The monoisotopic (exact) mass is 292 g/mol. The highest BCUT2D eigenvalue weighted by Crippen LogP contribution is 2.21. The number of rotatable bonds is 5. The lowest BCUT2D eigenvalue weighted by atomic mass is 9.99. The van der Waals surface area contributed by atoms with Crippen LogP contribution < -0.4 is 4.74 Å². The van der Waals surface area contributed by atoms with Gasteiger partial charge in [0.05, 0.1) is 6.61 Å². The van der Waals surface area contributed by atoms with Gasteiger partial charge in [0.2, 0.25) is 0 Å². The number of hydrogen-bond acceptors (Lipinski definition) is 1. The molecule has 0 bridgehead atoms. The number of benzene rings is 1. The maximum Gasteiger partial charge on any atom is 0.165 e. The van der Waals surface area contributed by atoms with E-state index in [1.807, 2.05) is 0 Å². The molecular formula is C12H15BrF2O. The third-order valence-electron chi connectivity index (χ3n) is 2.49. The second-order valence-electron chi connectivity index (χ2n) is 4.04. The van der Waals surface area contributed by atoms with Gasteiger partial charge in [-0.3, -0.25) is 0 Å². The Labute approximate surface area is 103 Å². The van der Waals surface area contributed by atoms with Gasteiger partial charge in [0.15, 0.2) is 11.6 Å². The van der Waals surface area contributed by atoms with Crippen molar-refractivity contribution in [2.24, 2.45) is 11.8 Å². The molecule has 1 nitrogen and oxygen atoms in total. The maximum absolute atomic E-state index is 13.2. The van der Waals surface area contributed by atoms with Gasteiger partial charge in [-0.15, -0.1) is 0 Å². The third-order valence-corrected chi connectivity index (χ3v) is 3.32. The zero-order valence-corrected chi connectivity index (χ0v) is 10.9. The first-order valence-electron chi connectivity index (χ1n) is 5.18. The molecule has 0 aliphatic carbocycles. The quantitative estimate of drug-likeness (QED) is 0.745. The van der Waals surface area contributed by atoms with Crippen molar-refractivity contribution in [1.82, 2.24) is 0 Å². The Balaban J connectivity index is 2.63. The lowest BCUT2D eigenvalue weighted by Gasteiger charge is -2.18. The van der Waals surface area contributed by atoms with Crippen molar-refractivity contribution in [2.45, 2.75) is 13.8 Å². The van der Waals surface area contributed by atoms with E-state index in [-0.39, 0.29) is 11.7 Å². The minimum absolute atomic E-state index is 0.0217. The van der Waals surface area contributed by atoms with Gasteiger partial charge in [-0.1, -0.05) is 29.8 Å². The van der Waals surface area contributed by atoms with E-state index in [4.69, 9.17) is 4.74 Å². The van der Waals surface area contributed by atoms with Crippen LogP contribution in [0, 0.1) is 23.5 Å². The van der Waals surface area contributed by atoms with Crippen LogP contribution in [-0.4, -0.2) is 11.9 Å². The van der Waals surface area contributed by atoms with Gasteiger partial charge in [0, 0.05) is 17.3 Å². The molecule has 0 saturated carbocycles. The van der Waals surface area contributed by atoms with Crippen LogP contribution in [0.5, 0.6) is 5.75 Å². The highest BCUT2D eigenvalue weighted by Gasteiger charge is 2.14. The Morgan fingerprint density at radius 3 is 2.56 bits per heavy atom. The summed E-state index contributed by atoms with van der Waals surface area (Å²) in [6, 6.07) is 3.22. The Hall–Kier alpha value is -0.640. The van der Waals surface area contributed by atoms with Crippen LogP contribution in [0.25, 0.3) is 0 Å². The van der Waals surface area contributed by atoms with Gasteiger partial charge in [0.1, 0.15) is 5.82 Å². The van der Waals surface area contributed by atoms with E-state index in [1.165, 1.54) is 0 Å². The standard InChI is InChI=1S/C12H15BrF2O/c1-8(2)9(6-13)7-16-12-5-10(14)3-4-11(12)15/h3-5,8-9H,6-7H2,1-2H3. The predicted molar refractivity (Wildman–Crippen MR) is 64.0 cm³/mol. The average molecular weight is 293 g/mol. The molecule has 0 aromatic heterocycles. The van der Waals surface area contributed by atoms with E-state index in [1.54, 1.807) is 0 Å². The SMILES string of the molecule is CC(C)C(CBr)COc1cc(F)ccc1F. The molecule has 1 rings (SSSR count). The van der Waals surface area contributed by atoms with Crippen molar-refractivity contribution in [3.63, 3.8) is 0 Å². The molecule has 0 saturated heterocycles. The highest BCUT2D eigenvalue weighted by molar-refractivity contribution is 9.09. The molecule has 0 spiro atoms. The third kappa shape index (κ3) is 3.74. The van der Waals surface area contributed by atoms with E-state index >= 15 is 0 Å². The lowest BCUT2D eigenvalue weighted by Crippen LogP contribution is -2.19. The van der Waals surface area contributed by atoms with Gasteiger partial charge in [-0.2, -0.15) is 0 Å². The van der Waals surface area contributed by atoms with Crippen molar-refractivity contribution in [3.8, 4) is 5.75 Å². The fraction of sp³-hybridized carbons (Fsp3) is 0.500. The van der Waals surface area contributed by atoms with Crippen LogP contribution in [0.3, 0.4) is 0 Å². The topological polar surface area (TPSA) is 9.23 Å². The number of hydrogen-bond donors (Lipinski definition) is 0. The molecule has 4 heteroatoms. The number of ether oxygens (including phenoxy) is 1. The van der Waals surface area contributed by atoms with Crippen molar-refractivity contribution in [1.29, 1.82) is 0 Å².